The number of rotatable bonds is 3. The summed E-state index contributed by atoms with van der Waals surface area (Å²) in [5.41, 5.74) is -0.664. The Labute approximate surface area is 112 Å². The van der Waals surface area contributed by atoms with Gasteiger partial charge in [0.15, 0.2) is 0 Å². The smallest absolute Gasteiger partial charge is 0.329 e. The first kappa shape index (κ1) is 13.3. The van der Waals surface area contributed by atoms with Crippen molar-refractivity contribution in [3.8, 4) is 6.07 Å². The molecule has 0 aliphatic heterocycles. The van der Waals surface area contributed by atoms with Gasteiger partial charge in [0.25, 0.3) is 0 Å². The molecule has 19 heavy (non-hydrogen) atoms. The van der Waals surface area contributed by atoms with Gasteiger partial charge in [-0.25, -0.2) is 9.78 Å². The normalized spacial score (nSPS) is 26.4. The fourth-order valence-electron chi connectivity index (χ4n) is 2.46. The van der Waals surface area contributed by atoms with Crippen molar-refractivity contribution in [2.24, 2.45) is 5.92 Å². The quantitative estimate of drug-likeness (QED) is 0.870. The number of anilines is 1. The number of aliphatic carboxylic acids is 1. The molecule has 0 aromatic carbocycles. The molecule has 0 spiro atoms. The number of nitriles is 1. The van der Waals surface area contributed by atoms with Gasteiger partial charge < -0.3 is 10.4 Å². The predicted octanol–water partition coefficient (Wildman–Crippen LogP) is 2.40. The summed E-state index contributed by atoms with van der Waals surface area (Å²) in [4.78, 5) is 15.7. The molecule has 0 unspecified atom stereocenters. The highest BCUT2D eigenvalue weighted by atomic mass is 16.4. The minimum Gasteiger partial charge on any atom is -0.480 e. The summed E-state index contributed by atoms with van der Waals surface area (Å²) in [6.07, 6.45) is 2.94. The minimum absolute atomic E-state index is 0.287. The van der Waals surface area contributed by atoms with Crippen LogP contribution >= 0.6 is 0 Å². The molecule has 0 saturated heterocycles. The molecule has 0 bridgehead atoms. The highest BCUT2D eigenvalue weighted by Crippen LogP contribution is 2.34. The van der Waals surface area contributed by atoms with E-state index in [4.69, 9.17) is 5.26 Å². The summed E-state index contributed by atoms with van der Waals surface area (Å²) >= 11 is 0. The molecule has 0 amide bonds. The Morgan fingerprint density at radius 1 is 1.53 bits per heavy atom. The molecule has 1 saturated carbocycles. The van der Waals surface area contributed by atoms with Crippen LogP contribution in [0.25, 0.3) is 0 Å². The second-order valence-corrected chi connectivity index (χ2v) is 5.21. The van der Waals surface area contributed by atoms with Crippen LogP contribution in [0.2, 0.25) is 0 Å². The molecule has 5 heteroatoms. The van der Waals surface area contributed by atoms with Gasteiger partial charge in [-0.3, -0.25) is 0 Å². The summed E-state index contributed by atoms with van der Waals surface area (Å²) in [7, 11) is 0. The second-order valence-electron chi connectivity index (χ2n) is 5.21. The third-order valence-electron chi connectivity index (χ3n) is 3.77. The SMILES string of the molecule is CC1CCC(Nc2cccc(C#N)n2)(C(=O)O)CC1. The number of nitrogens with zero attached hydrogens (tertiary/aromatic N) is 2. The number of carboxylic acid groups (broad SMARTS) is 1. The molecule has 0 radical (unpaired) electrons. The van der Waals surface area contributed by atoms with Crippen molar-refractivity contribution in [2.45, 2.75) is 38.1 Å². The van der Waals surface area contributed by atoms with Gasteiger partial charge in [-0.05, 0) is 43.7 Å². The largest absolute Gasteiger partial charge is 0.480 e. The van der Waals surface area contributed by atoms with Crippen LogP contribution in [-0.2, 0) is 4.79 Å². The molecule has 1 aromatic rings. The standard InChI is InChI=1S/C14H17N3O2/c1-10-5-7-14(8-6-10,13(18)19)17-12-4-2-3-11(9-15)16-12/h2-4,10H,5-8H2,1H3,(H,16,17)(H,18,19). The fourth-order valence-corrected chi connectivity index (χ4v) is 2.46. The van der Waals surface area contributed by atoms with Crippen LogP contribution in [0.3, 0.4) is 0 Å². The van der Waals surface area contributed by atoms with E-state index in [1.165, 1.54) is 0 Å². The lowest BCUT2D eigenvalue weighted by atomic mass is 9.77. The average Bonchev–Trinajstić information content (AvgIpc) is 2.41. The van der Waals surface area contributed by atoms with Crippen LogP contribution in [0.5, 0.6) is 0 Å². The van der Waals surface area contributed by atoms with E-state index in [9.17, 15) is 9.90 Å². The molecular formula is C14H17N3O2. The van der Waals surface area contributed by atoms with Crippen molar-refractivity contribution in [3.05, 3.63) is 23.9 Å². The molecular weight excluding hydrogens is 242 g/mol. The fraction of sp³-hybridized carbons (Fsp3) is 0.500. The lowest BCUT2D eigenvalue weighted by molar-refractivity contribution is -0.143. The van der Waals surface area contributed by atoms with Crippen molar-refractivity contribution in [1.82, 2.24) is 4.98 Å². The summed E-state index contributed by atoms with van der Waals surface area (Å²) in [6.45, 7) is 2.14. The first-order valence-corrected chi connectivity index (χ1v) is 6.44. The maximum atomic E-state index is 11.6. The zero-order valence-electron chi connectivity index (χ0n) is 10.9. The van der Waals surface area contributed by atoms with Gasteiger partial charge in [0.2, 0.25) is 0 Å². The minimum atomic E-state index is -0.951. The maximum Gasteiger partial charge on any atom is 0.329 e. The highest BCUT2D eigenvalue weighted by Gasteiger charge is 2.41. The Balaban J connectivity index is 2.22. The predicted molar refractivity (Wildman–Crippen MR) is 70.6 cm³/mol. The number of pyridine rings is 1. The topological polar surface area (TPSA) is 86.0 Å². The number of nitrogens with one attached hydrogen (secondary N) is 1. The van der Waals surface area contributed by atoms with Gasteiger partial charge in [0.05, 0.1) is 0 Å². The summed E-state index contributed by atoms with van der Waals surface area (Å²) < 4.78 is 0. The van der Waals surface area contributed by atoms with E-state index in [1.807, 2.05) is 6.07 Å². The van der Waals surface area contributed by atoms with Crippen LogP contribution in [0.1, 0.15) is 38.3 Å². The lowest BCUT2D eigenvalue weighted by Gasteiger charge is -2.36. The van der Waals surface area contributed by atoms with Crippen LogP contribution < -0.4 is 5.32 Å². The van der Waals surface area contributed by atoms with E-state index < -0.39 is 11.5 Å². The third kappa shape index (κ3) is 2.84. The molecule has 1 aliphatic rings. The molecule has 2 rings (SSSR count). The Bertz CT molecular complexity index is 514. The van der Waals surface area contributed by atoms with Crippen molar-refractivity contribution in [1.29, 1.82) is 5.26 Å². The Morgan fingerprint density at radius 3 is 2.79 bits per heavy atom. The van der Waals surface area contributed by atoms with Crippen molar-refractivity contribution in [3.63, 3.8) is 0 Å². The van der Waals surface area contributed by atoms with Crippen molar-refractivity contribution < 1.29 is 9.90 Å². The number of hydrogen-bond acceptors (Lipinski definition) is 4. The van der Waals surface area contributed by atoms with E-state index in [0.29, 0.717) is 24.6 Å². The highest BCUT2D eigenvalue weighted by molar-refractivity contribution is 5.82. The zero-order valence-corrected chi connectivity index (χ0v) is 10.9. The van der Waals surface area contributed by atoms with Gasteiger partial charge in [-0.1, -0.05) is 13.0 Å². The first-order chi connectivity index (χ1) is 9.05. The van der Waals surface area contributed by atoms with Gasteiger partial charge in [0, 0.05) is 0 Å². The van der Waals surface area contributed by atoms with Crippen LogP contribution in [-0.4, -0.2) is 21.6 Å². The van der Waals surface area contributed by atoms with E-state index in [0.717, 1.165) is 12.8 Å². The summed E-state index contributed by atoms with van der Waals surface area (Å²) in [6, 6.07) is 6.95. The Hall–Kier alpha value is -2.09. The monoisotopic (exact) mass is 259 g/mol. The third-order valence-corrected chi connectivity index (χ3v) is 3.77. The van der Waals surface area contributed by atoms with Crippen LogP contribution in [0.4, 0.5) is 5.82 Å². The number of aromatic nitrogens is 1. The first-order valence-electron chi connectivity index (χ1n) is 6.44. The molecule has 1 heterocycles. The molecule has 1 aromatic heterocycles. The van der Waals surface area contributed by atoms with Crippen molar-refractivity contribution >= 4 is 11.8 Å². The van der Waals surface area contributed by atoms with E-state index in [1.54, 1.807) is 18.2 Å². The van der Waals surface area contributed by atoms with Crippen molar-refractivity contribution in [2.75, 3.05) is 5.32 Å². The summed E-state index contributed by atoms with van der Waals surface area (Å²) in [5.74, 6) is 0.173. The average molecular weight is 259 g/mol. The second kappa shape index (κ2) is 5.27. The Kier molecular flexibility index (Phi) is 3.70. The summed E-state index contributed by atoms with van der Waals surface area (Å²) in [5, 5.41) is 21.4. The number of carboxylic acids is 1. The molecule has 5 nitrogen and oxygen atoms in total. The Morgan fingerprint density at radius 2 is 2.21 bits per heavy atom. The van der Waals surface area contributed by atoms with Crippen LogP contribution in [0, 0.1) is 17.2 Å². The molecule has 100 valence electrons. The van der Waals surface area contributed by atoms with Gasteiger partial charge >= 0.3 is 5.97 Å². The van der Waals surface area contributed by atoms with Crippen LogP contribution in [0.15, 0.2) is 18.2 Å². The van der Waals surface area contributed by atoms with Gasteiger partial charge in [-0.2, -0.15) is 5.26 Å². The van der Waals surface area contributed by atoms with E-state index in [-0.39, 0.29) is 5.69 Å². The molecule has 1 fully saturated rings. The van der Waals surface area contributed by atoms with Gasteiger partial charge in [-0.15, -0.1) is 0 Å². The lowest BCUT2D eigenvalue weighted by Crippen LogP contribution is -2.49. The molecule has 2 N–H and O–H groups in total. The molecule has 0 atom stereocenters. The number of hydrogen-bond donors (Lipinski definition) is 2. The van der Waals surface area contributed by atoms with E-state index >= 15 is 0 Å². The van der Waals surface area contributed by atoms with E-state index in [2.05, 4.69) is 17.2 Å². The zero-order chi connectivity index (χ0) is 13.9. The number of carbonyl (C=O) groups is 1. The molecule has 1 aliphatic carbocycles. The van der Waals surface area contributed by atoms with Gasteiger partial charge in [0.1, 0.15) is 23.1 Å². The maximum absolute atomic E-state index is 11.6.